The quantitative estimate of drug-likeness (QED) is 0.281. The number of nitrogens with one attached hydrogen (secondary N) is 1. The van der Waals surface area contributed by atoms with Crippen LogP contribution in [0.3, 0.4) is 0 Å². The molecule has 0 aliphatic carbocycles. The number of ether oxygens (including phenoxy) is 1. The van der Waals surface area contributed by atoms with Gasteiger partial charge < -0.3 is 10.1 Å². The van der Waals surface area contributed by atoms with Crippen molar-refractivity contribution in [3.8, 4) is 5.69 Å². The number of rotatable bonds is 8. The number of para-hydroxylation sites is 1. The van der Waals surface area contributed by atoms with Gasteiger partial charge in [-0.2, -0.15) is 0 Å². The SMILES string of the molecule is CCCCOC(=O)c1ccc(N2C(=O)C(Cl)=C(Nc3c(C)n(C)n(-c4ccccc4)c3=O)C2=O)cc1. The van der Waals surface area contributed by atoms with Crippen molar-refractivity contribution in [3.63, 3.8) is 0 Å². The molecule has 4 rings (SSSR count). The maximum atomic E-state index is 13.2. The number of carbonyl (C=O) groups is 3. The van der Waals surface area contributed by atoms with Gasteiger partial charge >= 0.3 is 5.97 Å². The average Bonchev–Trinajstić information content (AvgIpc) is 3.23. The Labute approximate surface area is 212 Å². The third-order valence-corrected chi connectivity index (χ3v) is 6.27. The van der Waals surface area contributed by atoms with E-state index in [1.807, 2.05) is 25.1 Å². The number of hydrogen-bond acceptors (Lipinski definition) is 6. The van der Waals surface area contributed by atoms with Crippen molar-refractivity contribution < 1.29 is 19.1 Å². The van der Waals surface area contributed by atoms with Crippen LogP contribution in [0, 0.1) is 6.92 Å². The largest absolute Gasteiger partial charge is 0.462 e. The summed E-state index contributed by atoms with van der Waals surface area (Å²) < 4.78 is 8.28. The van der Waals surface area contributed by atoms with E-state index >= 15 is 0 Å². The fourth-order valence-corrected chi connectivity index (χ4v) is 4.03. The van der Waals surface area contributed by atoms with Gasteiger partial charge in [0, 0.05) is 7.05 Å². The van der Waals surface area contributed by atoms with Crippen LogP contribution in [0.5, 0.6) is 0 Å². The maximum Gasteiger partial charge on any atom is 0.338 e. The number of anilines is 2. The zero-order chi connectivity index (χ0) is 26.0. The Morgan fingerprint density at radius 1 is 0.972 bits per heavy atom. The van der Waals surface area contributed by atoms with E-state index in [-0.39, 0.29) is 22.1 Å². The zero-order valence-corrected chi connectivity index (χ0v) is 20.8. The molecule has 10 heteroatoms. The van der Waals surface area contributed by atoms with Gasteiger partial charge in [-0.1, -0.05) is 43.1 Å². The predicted octanol–water partition coefficient (Wildman–Crippen LogP) is 3.88. The Morgan fingerprint density at radius 3 is 2.28 bits per heavy atom. The average molecular weight is 509 g/mol. The smallest absolute Gasteiger partial charge is 0.338 e. The summed E-state index contributed by atoms with van der Waals surface area (Å²) >= 11 is 6.25. The predicted molar refractivity (Wildman–Crippen MR) is 136 cm³/mol. The monoisotopic (exact) mass is 508 g/mol. The molecule has 0 bridgehead atoms. The van der Waals surface area contributed by atoms with Gasteiger partial charge in [-0.15, -0.1) is 0 Å². The normalized spacial score (nSPS) is 13.5. The summed E-state index contributed by atoms with van der Waals surface area (Å²) in [6, 6.07) is 14.9. The Balaban J connectivity index is 1.59. The van der Waals surface area contributed by atoms with Crippen LogP contribution >= 0.6 is 11.6 Å². The van der Waals surface area contributed by atoms with E-state index in [9.17, 15) is 19.2 Å². The van der Waals surface area contributed by atoms with Crippen molar-refractivity contribution in [2.24, 2.45) is 7.05 Å². The molecule has 2 amide bonds. The third-order valence-electron chi connectivity index (χ3n) is 5.92. The summed E-state index contributed by atoms with van der Waals surface area (Å²) in [4.78, 5) is 52.3. The lowest BCUT2D eigenvalue weighted by molar-refractivity contribution is -0.120. The highest BCUT2D eigenvalue weighted by Crippen LogP contribution is 2.30. The van der Waals surface area contributed by atoms with Gasteiger partial charge in [-0.25, -0.2) is 14.4 Å². The second kappa shape index (κ2) is 10.2. The number of imide groups is 1. The highest BCUT2D eigenvalue weighted by atomic mass is 35.5. The van der Waals surface area contributed by atoms with Crippen LogP contribution in [0.15, 0.2) is 70.1 Å². The van der Waals surface area contributed by atoms with Gasteiger partial charge in [0.05, 0.1) is 29.2 Å². The molecule has 0 radical (unpaired) electrons. The molecule has 0 saturated carbocycles. The molecule has 3 aromatic rings. The van der Waals surface area contributed by atoms with Crippen LogP contribution in [0.25, 0.3) is 5.69 Å². The molecule has 0 spiro atoms. The number of unbranched alkanes of at least 4 members (excludes halogenated alkanes) is 1. The molecule has 2 aromatic carbocycles. The molecule has 1 aliphatic rings. The Hall–Kier alpha value is -4.11. The molecule has 36 heavy (non-hydrogen) atoms. The summed E-state index contributed by atoms with van der Waals surface area (Å²) in [6.07, 6.45) is 1.66. The van der Waals surface area contributed by atoms with Crippen molar-refractivity contribution in [1.29, 1.82) is 0 Å². The van der Waals surface area contributed by atoms with Crippen LogP contribution in [0.4, 0.5) is 11.4 Å². The first kappa shape index (κ1) is 25.0. The fraction of sp³-hybridized carbons (Fsp3) is 0.231. The molecule has 1 aromatic heterocycles. The van der Waals surface area contributed by atoms with E-state index in [1.54, 1.807) is 30.8 Å². The van der Waals surface area contributed by atoms with Crippen LogP contribution in [0.1, 0.15) is 35.8 Å². The topological polar surface area (TPSA) is 103 Å². The lowest BCUT2D eigenvalue weighted by Crippen LogP contribution is -2.32. The number of carbonyl (C=O) groups excluding carboxylic acids is 3. The van der Waals surface area contributed by atoms with Gasteiger partial charge in [0.15, 0.2) is 0 Å². The lowest BCUT2D eigenvalue weighted by atomic mass is 10.2. The third kappa shape index (κ3) is 4.45. The second-order valence-corrected chi connectivity index (χ2v) is 8.61. The van der Waals surface area contributed by atoms with Gasteiger partial charge in [-0.3, -0.25) is 19.1 Å². The van der Waals surface area contributed by atoms with E-state index in [2.05, 4.69) is 5.32 Å². The zero-order valence-electron chi connectivity index (χ0n) is 20.1. The van der Waals surface area contributed by atoms with Crippen molar-refractivity contribution in [3.05, 3.63) is 86.9 Å². The summed E-state index contributed by atoms with van der Waals surface area (Å²) in [7, 11) is 1.72. The van der Waals surface area contributed by atoms with E-state index in [0.29, 0.717) is 23.6 Å². The molecular weight excluding hydrogens is 484 g/mol. The highest BCUT2D eigenvalue weighted by molar-refractivity contribution is 6.53. The molecule has 0 atom stereocenters. The molecule has 2 heterocycles. The van der Waals surface area contributed by atoms with Crippen LogP contribution < -0.4 is 15.8 Å². The van der Waals surface area contributed by atoms with E-state index in [1.165, 1.54) is 28.9 Å². The molecule has 1 N–H and O–H groups in total. The minimum absolute atomic E-state index is 0.127. The maximum absolute atomic E-state index is 13.2. The Kier molecular flexibility index (Phi) is 7.12. The van der Waals surface area contributed by atoms with Crippen molar-refractivity contribution in [2.45, 2.75) is 26.7 Å². The first-order valence-corrected chi connectivity index (χ1v) is 11.8. The number of benzene rings is 2. The van der Waals surface area contributed by atoms with E-state index < -0.39 is 23.3 Å². The first-order chi connectivity index (χ1) is 17.3. The number of halogens is 1. The van der Waals surface area contributed by atoms with Crippen molar-refractivity contribution in [2.75, 3.05) is 16.8 Å². The van der Waals surface area contributed by atoms with Gasteiger partial charge in [0.2, 0.25) is 0 Å². The molecule has 0 fully saturated rings. The summed E-state index contributed by atoms with van der Waals surface area (Å²) in [5.41, 5.74) is 1.25. The summed E-state index contributed by atoms with van der Waals surface area (Å²) in [5.74, 6) is -1.93. The number of hydrogen-bond donors (Lipinski definition) is 1. The van der Waals surface area contributed by atoms with Crippen molar-refractivity contribution >= 4 is 40.8 Å². The van der Waals surface area contributed by atoms with Crippen molar-refractivity contribution in [1.82, 2.24) is 9.36 Å². The molecule has 9 nitrogen and oxygen atoms in total. The van der Waals surface area contributed by atoms with Crippen LogP contribution in [-0.2, 0) is 21.4 Å². The summed E-state index contributed by atoms with van der Waals surface area (Å²) in [5, 5.41) is 2.47. The van der Waals surface area contributed by atoms with Gasteiger partial charge in [0.25, 0.3) is 17.4 Å². The van der Waals surface area contributed by atoms with E-state index in [4.69, 9.17) is 16.3 Å². The van der Waals surface area contributed by atoms with Crippen LogP contribution in [-0.4, -0.2) is 33.8 Å². The summed E-state index contributed by atoms with van der Waals surface area (Å²) in [6.45, 7) is 4.03. The Morgan fingerprint density at radius 2 is 1.64 bits per heavy atom. The first-order valence-electron chi connectivity index (χ1n) is 11.4. The molecule has 186 valence electrons. The number of aromatic nitrogens is 2. The van der Waals surface area contributed by atoms with E-state index in [0.717, 1.165) is 17.7 Å². The van der Waals surface area contributed by atoms with Crippen LogP contribution in [0.2, 0.25) is 0 Å². The lowest BCUT2D eigenvalue weighted by Gasteiger charge is -2.15. The standard InChI is InChI=1S/C26H25ClN4O5/c1-4-5-15-36-26(35)17-11-13-18(14-12-17)30-23(32)20(27)22(24(30)33)28-21-16(2)29(3)31(25(21)34)19-9-7-6-8-10-19/h6-14,28H,4-5,15H2,1-3H3. The fourth-order valence-electron chi connectivity index (χ4n) is 3.82. The second-order valence-electron chi connectivity index (χ2n) is 8.23. The number of esters is 1. The Bertz CT molecular complexity index is 1420. The molecular formula is C26H25ClN4O5. The minimum atomic E-state index is -0.737. The van der Waals surface area contributed by atoms with Gasteiger partial charge in [0.1, 0.15) is 16.4 Å². The minimum Gasteiger partial charge on any atom is -0.462 e. The van der Waals surface area contributed by atoms with Gasteiger partial charge in [-0.05, 0) is 49.7 Å². The molecule has 0 unspecified atom stereocenters. The molecule has 0 saturated heterocycles. The molecule has 1 aliphatic heterocycles. The number of nitrogens with zero attached hydrogens (tertiary/aromatic N) is 3. The highest BCUT2D eigenvalue weighted by Gasteiger charge is 2.39. The number of amides is 2.